The molecule has 1 N–H and O–H groups in total. The number of carboxylic acids is 1. The van der Waals surface area contributed by atoms with Gasteiger partial charge in [0.05, 0.1) is 11.3 Å². The van der Waals surface area contributed by atoms with Crippen molar-refractivity contribution in [3.63, 3.8) is 0 Å². The summed E-state index contributed by atoms with van der Waals surface area (Å²) in [7, 11) is 1.83. The zero-order chi connectivity index (χ0) is 12.6. The molecule has 88 valence electrons. The normalized spacial score (nSPS) is 10.5. The van der Waals surface area contributed by atoms with Gasteiger partial charge in [-0.25, -0.2) is 4.79 Å². The van der Waals surface area contributed by atoms with Crippen molar-refractivity contribution >= 4 is 5.97 Å². The molecule has 0 atom stereocenters. The maximum atomic E-state index is 11.2. The molecular weight excluding hydrogens is 216 g/mol. The molecule has 0 spiro atoms. The highest BCUT2D eigenvalue weighted by atomic mass is 16.4. The highest BCUT2D eigenvalue weighted by Crippen LogP contribution is 2.27. The van der Waals surface area contributed by atoms with Crippen molar-refractivity contribution in [2.45, 2.75) is 13.8 Å². The second-order valence-electron chi connectivity index (χ2n) is 4.16. The van der Waals surface area contributed by atoms with E-state index in [0.29, 0.717) is 5.56 Å². The Morgan fingerprint density at radius 2 is 2.00 bits per heavy atom. The Balaban J connectivity index is 2.69. The first-order valence-electron chi connectivity index (χ1n) is 5.33. The van der Waals surface area contributed by atoms with Gasteiger partial charge in [-0.15, -0.1) is 0 Å². The molecule has 2 aromatic rings. The van der Waals surface area contributed by atoms with E-state index in [1.165, 1.54) is 0 Å². The number of rotatable bonds is 2. The molecule has 0 amide bonds. The lowest BCUT2D eigenvalue weighted by Crippen LogP contribution is -2.00. The van der Waals surface area contributed by atoms with Crippen LogP contribution >= 0.6 is 0 Å². The van der Waals surface area contributed by atoms with Crippen molar-refractivity contribution < 1.29 is 9.90 Å². The summed E-state index contributed by atoms with van der Waals surface area (Å²) in [6.07, 6.45) is 1.84. The van der Waals surface area contributed by atoms with Gasteiger partial charge in [0.25, 0.3) is 0 Å². The molecule has 0 aliphatic heterocycles. The van der Waals surface area contributed by atoms with Crippen molar-refractivity contribution in [2.75, 3.05) is 0 Å². The highest BCUT2D eigenvalue weighted by molar-refractivity contribution is 5.96. The number of carboxylic acid groups (broad SMARTS) is 1. The second kappa shape index (κ2) is 4.05. The fraction of sp³-hybridized carbons (Fsp3) is 0.231. The number of aryl methyl sites for hydroxylation is 3. The molecule has 4 heteroatoms. The third-order valence-corrected chi connectivity index (χ3v) is 2.71. The van der Waals surface area contributed by atoms with Crippen LogP contribution in [0.5, 0.6) is 0 Å². The lowest BCUT2D eigenvalue weighted by Gasteiger charge is -2.06. The zero-order valence-electron chi connectivity index (χ0n) is 10.1. The topological polar surface area (TPSA) is 55.1 Å². The fourth-order valence-corrected chi connectivity index (χ4v) is 1.93. The van der Waals surface area contributed by atoms with E-state index in [4.69, 9.17) is 0 Å². The lowest BCUT2D eigenvalue weighted by atomic mass is 9.98. The standard InChI is InChI=1S/C13H14N2O2/c1-8-4-5-10(13(16)17)11(6-8)12-7-15(3)14-9(12)2/h4-7H,1-3H3,(H,16,17). The molecule has 0 saturated heterocycles. The van der Waals surface area contributed by atoms with E-state index in [1.54, 1.807) is 16.8 Å². The van der Waals surface area contributed by atoms with E-state index in [0.717, 1.165) is 22.4 Å². The van der Waals surface area contributed by atoms with Crippen molar-refractivity contribution in [1.82, 2.24) is 9.78 Å². The van der Waals surface area contributed by atoms with Crippen molar-refractivity contribution in [2.24, 2.45) is 7.05 Å². The first-order valence-corrected chi connectivity index (χ1v) is 5.33. The average molecular weight is 230 g/mol. The molecule has 0 saturated carbocycles. The summed E-state index contributed by atoms with van der Waals surface area (Å²) in [5, 5.41) is 13.4. The van der Waals surface area contributed by atoms with Gasteiger partial charge in [0.2, 0.25) is 0 Å². The number of carbonyl (C=O) groups is 1. The van der Waals surface area contributed by atoms with Crippen LogP contribution in [0.2, 0.25) is 0 Å². The summed E-state index contributed by atoms with van der Waals surface area (Å²) < 4.78 is 1.69. The third-order valence-electron chi connectivity index (χ3n) is 2.71. The summed E-state index contributed by atoms with van der Waals surface area (Å²) >= 11 is 0. The second-order valence-corrected chi connectivity index (χ2v) is 4.16. The van der Waals surface area contributed by atoms with E-state index in [2.05, 4.69) is 5.10 Å². The highest BCUT2D eigenvalue weighted by Gasteiger charge is 2.15. The van der Waals surface area contributed by atoms with E-state index >= 15 is 0 Å². The van der Waals surface area contributed by atoms with Crippen LogP contribution in [0.4, 0.5) is 0 Å². The number of aromatic carboxylic acids is 1. The molecule has 0 unspecified atom stereocenters. The monoisotopic (exact) mass is 230 g/mol. The number of nitrogens with zero attached hydrogens (tertiary/aromatic N) is 2. The van der Waals surface area contributed by atoms with E-state index in [-0.39, 0.29) is 0 Å². The molecule has 0 aliphatic rings. The summed E-state index contributed by atoms with van der Waals surface area (Å²) in [6, 6.07) is 5.32. The number of hydrogen-bond acceptors (Lipinski definition) is 2. The molecule has 4 nitrogen and oxygen atoms in total. The van der Waals surface area contributed by atoms with Crippen molar-refractivity contribution in [3.8, 4) is 11.1 Å². The maximum Gasteiger partial charge on any atom is 0.336 e. The molecule has 1 aromatic carbocycles. The van der Waals surface area contributed by atoms with Gasteiger partial charge in [0.15, 0.2) is 0 Å². The van der Waals surface area contributed by atoms with Gasteiger partial charge < -0.3 is 5.11 Å². The molecule has 1 heterocycles. The van der Waals surface area contributed by atoms with E-state index in [1.807, 2.05) is 33.2 Å². The Morgan fingerprint density at radius 3 is 2.53 bits per heavy atom. The van der Waals surface area contributed by atoms with Gasteiger partial charge in [-0.1, -0.05) is 17.7 Å². The molecule has 0 bridgehead atoms. The molecule has 1 aromatic heterocycles. The van der Waals surface area contributed by atoms with Gasteiger partial charge in [0, 0.05) is 18.8 Å². The molecule has 17 heavy (non-hydrogen) atoms. The predicted molar refractivity (Wildman–Crippen MR) is 65.1 cm³/mol. The molecule has 0 fully saturated rings. The Kier molecular flexibility index (Phi) is 2.71. The Bertz CT molecular complexity index is 585. The predicted octanol–water partition coefficient (Wildman–Crippen LogP) is 2.40. The maximum absolute atomic E-state index is 11.2. The minimum Gasteiger partial charge on any atom is -0.478 e. The minimum atomic E-state index is -0.914. The zero-order valence-corrected chi connectivity index (χ0v) is 10.1. The molecular formula is C13H14N2O2. The van der Waals surface area contributed by atoms with Gasteiger partial charge in [-0.05, 0) is 25.5 Å². The summed E-state index contributed by atoms with van der Waals surface area (Å²) in [6.45, 7) is 3.82. The van der Waals surface area contributed by atoms with Crippen LogP contribution in [0.1, 0.15) is 21.6 Å². The van der Waals surface area contributed by atoms with Crippen LogP contribution < -0.4 is 0 Å². The van der Waals surface area contributed by atoms with Gasteiger partial charge in [-0.2, -0.15) is 5.10 Å². The van der Waals surface area contributed by atoms with Crippen LogP contribution in [0.3, 0.4) is 0 Å². The number of hydrogen-bond donors (Lipinski definition) is 1. The minimum absolute atomic E-state index is 0.312. The van der Waals surface area contributed by atoms with Crippen LogP contribution in [-0.2, 0) is 7.05 Å². The molecule has 0 radical (unpaired) electrons. The summed E-state index contributed by atoms with van der Waals surface area (Å²) in [5.74, 6) is -0.914. The van der Waals surface area contributed by atoms with Gasteiger partial charge in [0.1, 0.15) is 0 Å². The van der Waals surface area contributed by atoms with Crippen molar-refractivity contribution in [3.05, 3.63) is 41.2 Å². The SMILES string of the molecule is Cc1ccc(C(=O)O)c(-c2cn(C)nc2C)c1. The van der Waals surface area contributed by atoms with Gasteiger partial charge in [-0.3, -0.25) is 4.68 Å². The van der Waals surface area contributed by atoms with Crippen LogP contribution in [0.15, 0.2) is 24.4 Å². The van der Waals surface area contributed by atoms with Gasteiger partial charge >= 0.3 is 5.97 Å². The molecule has 0 aliphatic carbocycles. The quantitative estimate of drug-likeness (QED) is 0.861. The number of benzene rings is 1. The Morgan fingerprint density at radius 1 is 1.29 bits per heavy atom. The van der Waals surface area contributed by atoms with Crippen LogP contribution in [0, 0.1) is 13.8 Å². The van der Waals surface area contributed by atoms with Crippen molar-refractivity contribution in [1.29, 1.82) is 0 Å². The fourth-order valence-electron chi connectivity index (χ4n) is 1.93. The largest absolute Gasteiger partial charge is 0.478 e. The van der Waals surface area contributed by atoms with E-state index in [9.17, 15) is 9.90 Å². The Labute approximate surface area is 99.5 Å². The average Bonchev–Trinajstić information content (AvgIpc) is 2.57. The van der Waals surface area contributed by atoms with Crippen LogP contribution in [-0.4, -0.2) is 20.9 Å². The third kappa shape index (κ3) is 2.06. The smallest absolute Gasteiger partial charge is 0.336 e. The lowest BCUT2D eigenvalue weighted by molar-refractivity contribution is 0.0698. The van der Waals surface area contributed by atoms with E-state index < -0.39 is 5.97 Å². The first-order chi connectivity index (χ1) is 7.99. The van der Waals surface area contributed by atoms with Crippen LogP contribution in [0.25, 0.3) is 11.1 Å². The summed E-state index contributed by atoms with van der Waals surface area (Å²) in [5.41, 5.74) is 3.78. The number of aromatic nitrogens is 2. The molecule has 2 rings (SSSR count). The summed E-state index contributed by atoms with van der Waals surface area (Å²) in [4.78, 5) is 11.2. The first kappa shape index (κ1) is 11.4. The Hall–Kier alpha value is -2.10.